The number of fused-ring (bicyclic) bond motifs is 2. The lowest BCUT2D eigenvalue weighted by Crippen LogP contribution is -2.50. The molecule has 0 saturated carbocycles. The third-order valence-electron chi connectivity index (χ3n) is 5.28. The highest BCUT2D eigenvalue weighted by molar-refractivity contribution is 8.13. The molecule has 2 heterocycles. The molecule has 2 aromatic carbocycles. The molecule has 1 amide bonds. The molecule has 2 aliphatic rings. The normalized spacial score (nSPS) is 17.5. The fraction of sp³-hybridized carbons (Fsp3) is 0.348. The predicted molar refractivity (Wildman–Crippen MR) is 124 cm³/mol. The van der Waals surface area contributed by atoms with Gasteiger partial charge in [-0.15, -0.1) is 5.10 Å². The Hall–Kier alpha value is -2.80. The van der Waals surface area contributed by atoms with Crippen LogP contribution in [0.3, 0.4) is 0 Å². The number of para-hydroxylation sites is 1. The van der Waals surface area contributed by atoms with Gasteiger partial charge in [0.2, 0.25) is 0 Å². The Morgan fingerprint density at radius 1 is 1.07 bits per heavy atom. The second kappa shape index (κ2) is 8.92. The SMILES string of the molecule is CCCSC1=NN2C(=c3ccccc3=NC2c2ccc(N(CC)CC)cc2)C(=O)N1. The van der Waals surface area contributed by atoms with E-state index in [9.17, 15) is 4.79 Å². The molecule has 2 aliphatic heterocycles. The first-order valence-electron chi connectivity index (χ1n) is 10.5. The van der Waals surface area contributed by atoms with Crippen LogP contribution in [-0.2, 0) is 4.79 Å². The zero-order chi connectivity index (χ0) is 21.1. The second-order valence-corrected chi connectivity index (χ2v) is 8.27. The fourth-order valence-electron chi connectivity index (χ4n) is 3.75. The molecule has 156 valence electrons. The van der Waals surface area contributed by atoms with E-state index < -0.39 is 0 Å². The van der Waals surface area contributed by atoms with E-state index >= 15 is 0 Å². The molecule has 7 heteroatoms. The number of anilines is 1. The smallest absolute Gasteiger partial charge is 0.276 e. The topological polar surface area (TPSA) is 60.3 Å². The summed E-state index contributed by atoms with van der Waals surface area (Å²) in [6, 6.07) is 16.2. The summed E-state index contributed by atoms with van der Waals surface area (Å²) in [6.07, 6.45) is 0.642. The largest absolute Gasteiger partial charge is 0.372 e. The van der Waals surface area contributed by atoms with Crippen LogP contribution < -0.4 is 20.8 Å². The molecule has 0 fully saturated rings. The van der Waals surface area contributed by atoms with Crippen molar-refractivity contribution in [3.8, 4) is 0 Å². The molecule has 0 aromatic heterocycles. The molecule has 1 unspecified atom stereocenters. The summed E-state index contributed by atoms with van der Waals surface area (Å²) in [4.78, 5) is 20.3. The van der Waals surface area contributed by atoms with Crippen LogP contribution >= 0.6 is 11.8 Å². The van der Waals surface area contributed by atoms with Gasteiger partial charge < -0.3 is 4.90 Å². The Kier molecular flexibility index (Phi) is 6.08. The van der Waals surface area contributed by atoms with Crippen molar-refractivity contribution in [2.24, 2.45) is 10.1 Å². The summed E-state index contributed by atoms with van der Waals surface area (Å²) in [5.41, 5.74) is 2.75. The monoisotopic (exact) mass is 421 g/mol. The number of nitrogens with zero attached hydrogens (tertiary/aromatic N) is 4. The van der Waals surface area contributed by atoms with Crippen LogP contribution in [0.2, 0.25) is 0 Å². The van der Waals surface area contributed by atoms with Gasteiger partial charge in [0.05, 0.1) is 5.36 Å². The first kappa shape index (κ1) is 20.5. The zero-order valence-corrected chi connectivity index (χ0v) is 18.4. The van der Waals surface area contributed by atoms with Crippen molar-refractivity contribution >= 4 is 34.2 Å². The van der Waals surface area contributed by atoms with Crippen LogP contribution in [0.25, 0.3) is 5.70 Å². The minimum absolute atomic E-state index is 0.129. The van der Waals surface area contributed by atoms with Crippen LogP contribution in [0.5, 0.6) is 0 Å². The zero-order valence-electron chi connectivity index (χ0n) is 17.6. The molecule has 6 nitrogen and oxygen atoms in total. The molecular formula is C23H27N5OS. The maximum Gasteiger partial charge on any atom is 0.276 e. The highest BCUT2D eigenvalue weighted by Gasteiger charge is 2.34. The van der Waals surface area contributed by atoms with E-state index in [1.165, 1.54) is 5.69 Å². The maximum atomic E-state index is 13.0. The summed E-state index contributed by atoms with van der Waals surface area (Å²) < 4.78 is 0. The number of hydrogen-bond donors (Lipinski definition) is 1. The number of amides is 1. The molecule has 0 spiro atoms. The van der Waals surface area contributed by atoms with E-state index in [-0.39, 0.29) is 12.1 Å². The number of nitrogens with one attached hydrogen (secondary N) is 1. The third kappa shape index (κ3) is 3.81. The van der Waals surface area contributed by atoms with Crippen LogP contribution in [0.1, 0.15) is 38.9 Å². The highest BCUT2D eigenvalue weighted by atomic mass is 32.2. The first-order valence-corrected chi connectivity index (χ1v) is 11.5. The van der Waals surface area contributed by atoms with Gasteiger partial charge in [-0.1, -0.05) is 49.0 Å². The number of benzene rings is 2. The molecule has 0 radical (unpaired) electrons. The van der Waals surface area contributed by atoms with Crippen LogP contribution in [-0.4, -0.2) is 34.9 Å². The van der Waals surface area contributed by atoms with E-state index in [1.54, 1.807) is 16.8 Å². The highest BCUT2D eigenvalue weighted by Crippen LogP contribution is 2.31. The molecule has 0 bridgehead atoms. The van der Waals surface area contributed by atoms with Crippen LogP contribution in [0, 0.1) is 0 Å². The minimum Gasteiger partial charge on any atom is -0.372 e. The number of amidine groups is 1. The van der Waals surface area contributed by atoms with Crippen LogP contribution in [0.4, 0.5) is 5.69 Å². The lowest BCUT2D eigenvalue weighted by molar-refractivity contribution is -0.116. The number of rotatable bonds is 6. The van der Waals surface area contributed by atoms with Crippen molar-refractivity contribution in [2.75, 3.05) is 23.7 Å². The fourth-order valence-corrected chi connectivity index (χ4v) is 4.46. The Morgan fingerprint density at radius 3 is 2.50 bits per heavy atom. The average molecular weight is 422 g/mol. The number of hydrazone groups is 1. The van der Waals surface area contributed by atoms with Crippen molar-refractivity contribution in [3.05, 3.63) is 64.7 Å². The van der Waals surface area contributed by atoms with E-state index in [2.05, 4.69) is 55.3 Å². The van der Waals surface area contributed by atoms with Gasteiger partial charge in [0.1, 0.15) is 5.70 Å². The Morgan fingerprint density at radius 2 is 1.80 bits per heavy atom. The molecular weight excluding hydrogens is 394 g/mol. The van der Waals surface area contributed by atoms with E-state index in [4.69, 9.17) is 10.1 Å². The lowest BCUT2D eigenvalue weighted by Gasteiger charge is -2.34. The molecule has 2 aromatic rings. The average Bonchev–Trinajstić information content (AvgIpc) is 2.78. The number of thioether (sulfide) groups is 1. The summed E-state index contributed by atoms with van der Waals surface area (Å²) in [7, 11) is 0. The third-order valence-corrected chi connectivity index (χ3v) is 6.35. The molecule has 30 heavy (non-hydrogen) atoms. The minimum atomic E-state index is -0.371. The van der Waals surface area contributed by atoms with Crippen LogP contribution in [0.15, 0.2) is 58.6 Å². The Balaban J connectivity index is 1.79. The van der Waals surface area contributed by atoms with Gasteiger partial charge in [-0.2, -0.15) is 0 Å². The summed E-state index contributed by atoms with van der Waals surface area (Å²) in [5.74, 6) is 0.773. The van der Waals surface area contributed by atoms with Gasteiger partial charge in [-0.3, -0.25) is 15.1 Å². The van der Waals surface area contributed by atoms with Gasteiger partial charge in [-0.05, 0) is 44.0 Å². The van der Waals surface area contributed by atoms with Gasteiger partial charge >= 0.3 is 0 Å². The Labute approximate surface area is 181 Å². The quantitative estimate of drug-likeness (QED) is 0.779. The van der Waals surface area contributed by atoms with Crippen molar-refractivity contribution < 1.29 is 4.79 Å². The number of hydrogen-bond acceptors (Lipinski definition) is 6. The predicted octanol–water partition coefficient (Wildman–Crippen LogP) is 2.82. The molecule has 0 saturated heterocycles. The molecule has 1 atom stereocenters. The number of carbonyl (C=O) groups excluding carboxylic acids is 1. The first-order chi connectivity index (χ1) is 14.7. The standard InChI is InChI=1S/C23H27N5OS/c1-4-15-30-23-25-22(29)20-18-9-7-8-10-19(18)24-21(28(20)26-23)16-11-13-17(14-12-16)27(5-2)6-3/h7-14,21H,4-6,15H2,1-3H3,(H,25,26,29). The van der Waals surface area contributed by atoms with Crippen molar-refractivity contribution in [1.29, 1.82) is 0 Å². The van der Waals surface area contributed by atoms with E-state index in [0.717, 1.165) is 41.4 Å². The molecule has 0 aliphatic carbocycles. The van der Waals surface area contributed by atoms with Gasteiger partial charge in [0, 0.05) is 29.7 Å². The van der Waals surface area contributed by atoms with Gasteiger partial charge in [-0.25, -0.2) is 5.01 Å². The summed E-state index contributed by atoms with van der Waals surface area (Å²) in [5, 5.41) is 11.8. The van der Waals surface area contributed by atoms with E-state index in [1.807, 2.05) is 24.3 Å². The number of carbonyl (C=O) groups is 1. The van der Waals surface area contributed by atoms with Crippen molar-refractivity contribution in [2.45, 2.75) is 33.4 Å². The molecule has 1 N–H and O–H groups in total. The van der Waals surface area contributed by atoms with Gasteiger partial charge in [0.25, 0.3) is 5.91 Å². The Bertz CT molecular complexity index is 1080. The van der Waals surface area contributed by atoms with Crippen molar-refractivity contribution in [1.82, 2.24) is 10.3 Å². The lowest BCUT2D eigenvalue weighted by atomic mass is 10.1. The summed E-state index contributed by atoms with van der Waals surface area (Å²) in [6.45, 7) is 8.35. The second-order valence-electron chi connectivity index (χ2n) is 7.18. The van der Waals surface area contributed by atoms with Gasteiger partial charge in [0.15, 0.2) is 11.3 Å². The maximum absolute atomic E-state index is 13.0. The van der Waals surface area contributed by atoms with E-state index in [0.29, 0.717) is 10.9 Å². The molecule has 4 rings (SSSR count). The summed E-state index contributed by atoms with van der Waals surface area (Å²) >= 11 is 1.56. The van der Waals surface area contributed by atoms with Crippen molar-refractivity contribution in [3.63, 3.8) is 0 Å².